The van der Waals surface area contributed by atoms with Crippen molar-refractivity contribution < 1.29 is 21.5 Å². The highest BCUT2D eigenvalue weighted by Gasteiger charge is 2.26. The van der Waals surface area contributed by atoms with Gasteiger partial charge in [-0.1, -0.05) is 3.89 Å². The van der Waals surface area contributed by atoms with E-state index < -0.39 is 14.9 Å². The summed E-state index contributed by atoms with van der Waals surface area (Å²) < 4.78 is 37.8. The molecular weight excluding hydrogens is 227 g/mol. The number of hydrogen-bond donors (Lipinski definition) is 0. The SMILES string of the molecule is C[N+]1(CCN([O-])S(=O)(=O)F)CCOCC1. The van der Waals surface area contributed by atoms with Gasteiger partial charge in [0.15, 0.2) is 0 Å². The van der Waals surface area contributed by atoms with Crippen LogP contribution in [-0.2, 0) is 15.1 Å². The lowest BCUT2D eigenvalue weighted by Gasteiger charge is -2.39. The minimum Gasteiger partial charge on any atom is -0.770 e. The third-order valence-electron chi connectivity index (χ3n) is 2.62. The van der Waals surface area contributed by atoms with Crippen LogP contribution in [0.1, 0.15) is 0 Å². The highest BCUT2D eigenvalue weighted by molar-refractivity contribution is 7.84. The Hall–Kier alpha value is -0.280. The topological polar surface area (TPSA) is 69.7 Å². The highest BCUT2D eigenvalue weighted by Crippen LogP contribution is 2.09. The maximum Gasteiger partial charge on any atom is 0.363 e. The number of hydrogen-bond acceptors (Lipinski definition) is 4. The van der Waals surface area contributed by atoms with Gasteiger partial charge in [-0.2, -0.15) is 8.42 Å². The zero-order valence-electron chi connectivity index (χ0n) is 8.56. The smallest absolute Gasteiger partial charge is 0.363 e. The van der Waals surface area contributed by atoms with Gasteiger partial charge in [0.25, 0.3) is 0 Å². The first-order valence-corrected chi connectivity index (χ1v) is 5.98. The molecule has 0 aliphatic carbocycles. The molecular formula is C7H15FN2O4S. The molecule has 0 amide bonds. The van der Waals surface area contributed by atoms with Crippen LogP contribution in [0.4, 0.5) is 3.89 Å². The summed E-state index contributed by atoms with van der Waals surface area (Å²) in [4.78, 5) is 0. The molecule has 1 saturated heterocycles. The van der Waals surface area contributed by atoms with E-state index in [1.807, 2.05) is 7.05 Å². The van der Waals surface area contributed by atoms with Gasteiger partial charge in [0.2, 0.25) is 0 Å². The van der Waals surface area contributed by atoms with E-state index in [1.54, 1.807) is 0 Å². The Morgan fingerprint density at radius 2 is 2.00 bits per heavy atom. The van der Waals surface area contributed by atoms with Gasteiger partial charge in [-0.3, -0.25) is 0 Å². The first-order valence-electron chi connectivity index (χ1n) is 4.64. The van der Waals surface area contributed by atoms with Gasteiger partial charge < -0.3 is 14.4 Å². The Kier molecular flexibility index (Phi) is 4.01. The molecule has 0 unspecified atom stereocenters. The second-order valence-corrected chi connectivity index (χ2v) is 5.10. The lowest BCUT2D eigenvalue weighted by Crippen LogP contribution is -2.54. The lowest BCUT2D eigenvalue weighted by atomic mass is 10.3. The Balaban J connectivity index is 2.42. The summed E-state index contributed by atoms with van der Waals surface area (Å²) in [5, 5.41) is 10.8. The van der Waals surface area contributed by atoms with Crippen molar-refractivity contribution in [1.82, 2.24) is 4.47 Å². The number of halogens is 1. The fourth-order valence-corrected chi connectivity index (χ4v) is 1.74. The monoisotopic (exact) mass is 242 g/mol. The standard InChI is InChI=1S/C7H15FN2O4S/c1-10(4-6-14-7-5-10)3-2-9(11)15(8,12)13/h2-7H2,1H3. The molecule has 1 fully saturated rings. The van der Waals surface area contributed by atoms with Gasteiger partial charge in [-0.05, 0) is 0 Å². The molecule has 1 aliphatic heterocycles. The summed E-state index contributed by atoms with van der Waals surface area (Å²) in [7, 11) is -3.20. The summed E-state index contributed by atoms with van der Waals surface area (Å²) in [6, 6.07) is 0. The summed E-state index contributed by atoms with van der Waals surface area (Å²) in [5.41, 5.74) is 0. The molecule has 1 heterocycles. The highest BCUT2D eigenvalue weighted by atomic mass is 32.3. The Morgan fingerprint density at radius 3 is 2.47 bits per heavy atom. The van der Waals surface area contributed by atoms with Gasteiger partial charge in [0.1, 0.15) is 13.1 Å². The van der Waals surface area contributed by atoms with E-state index in [4.69, 9.17) is 4.74 Å². The number of likely N-dealkylation sites (N-methyl/N-ethyl adjacent to an activating group) is 1. The molecule has 90 valence electrons. The summed E-state index contributed by atoms with van der Waals surface area (Å²) in [5.74, 6) is 0. The summed E-state index contributed by atoms with van der Waals surface area (Å²) in [6.07, 6.45) is 0. The van der Waals surface area contributed by atoms with Crippen molar-refractivity contribution in [3.05, 3.63) is 5.21 Å². The molecule has 15 heavy (non-hydrogen) atoms. The number of quaternary nitrogens is 1. The van der Waals surface area contributed by atoms with E-state index in [0.29, 0.717) is 37.3 Å². The molecule has 1 rings (SSSR count). The van der Waals surface area contributed by atoms with Crippen molar-refractivity contribution in [2.75, 3.05) is 46.4 Å². The number of hydroxylamine groups is 1. The van der Waals surface area contributed by atoms with Gasteiger partial charge in [-0.25, -0.2) is 4.47 Å². The fourth-order valence-electron chi connectivity index (χ4n) is 1.44. The van der Waals surface area contributed by atoms with Crippen LogP contribution in [0.15, 0.2) is 0 Å². The molecule has 0 spiro atoms. The number of ether oxygens (including phenoxy) is 1. The third kappa shape index (κ3) is 3.99. The Labute approximate surface area is 88.7 Å². The second kappa shape index (κ2) is 4.71. The molecule has 0 aromatic heterocycles. The second-order valence-electron chi connectivity index (χ2n) is 3.87. The quantitative estimate of drug-likeness (QED) is 0.378. The predicted octanol–water partition coefficient (Wildman–Crippen LogP) is -0.523. The zero-order valence-corrected chi connectivity index (χ0v) is 9.37. The normalized spacial score (nSPS) is 21.9. The van der Waals surface area contributed by atoms with Crippen LogP contribution in [0.5, 0.6) is 0 Å². The van der Waals surface area contributed by atoms with Crippen LogP contribution >= 0.6 is 0 Å². The van der Waals surface area contributed by atoms with Gasteiger partial charge >= 0.3 is 10.4 Å². The molecule has 0 bridgehead atoms. The summed E-state index contributed by atoms with van der Waals surface area (Å²) >= 11 is 0. The molecule has 6 nitrogen and oxygen atoms in total. The minimum absolute atomic E-state index is 0.302. The van der Waals surface area contributed by atoms with Crippen molar-refractivity contribution in [1.29, 1.82) is 0 Å². The fraction of sp³-hybridized carbons (Fsp3) is 1.00. The average molecular weight is 242 g/mol. The Morgan fingerprint density at radius 1 is 1.47 bits per heavy atom. The number of morpholine rings is 1. The average Bonchev–Trinajstić information content (AvgIpc) is 2.14. The Bertz CT molecular complexity index is 302. The molecule has 1 aliphatic rings. The van der Waals surface area contributed by atoms with Crippen molar-refractivity contribution in [2.24, 2.45) is 0 Å². The molecule has 0 atom stereocenters. The van der Waals surface area contributed by atoms with Crippen LogP contribution < -0.4 is 0 Å². The molecule has 0 radical (unpaired) electrons. The van der Waals surface area contributed by atoms with Gasteiger partial charge in [0, 0.05) is 0 Å². The zero-order chi connectivity index (χ0) is 11.5. The van der Waals surface area contributed by atoms with E-state index in [1.165, 1.54) is 0 Å². The number of nitrogens with zero attached hydrogens (tertiary/aromatic N) is 2. The van der Waals surface area contributed by atoms with E-state index in [0.717, 1.165) is 0 Å². The van der Waals surface area contributed by atoms with Crippen molar-refractivity contribution in [2.45, 2.75) is 0 Å². The van der Waals surface area contributed by atoms with Crippen LogP contribution in [-0.4, -0.2) is 63.8 Å². The first kappa shape index (κ1) is 12.8. The van der Waals surface area contributed by atoms with Crippen molar-refractivity contribution >= 4 is 10.4 Å². The van der Waals surface area contributed by atoms with Gasteiger partial charge in [-0.15, -0.1) is 0 Å². The first-order chi connectivity index (χ1) is 6.83. The maximum absolute atomic E-state index is 12.2. The summed E-state index contributed by atoms with van der Waals surface area (Å²) in [6.45, 7) is 2.53. The molecule has 0 aromatic rings. The molecule has 0 aromatic carbocycles. The van der Waals surface area contributed by atoms with Crippen molar-refractivity contribution in [3.63, 3.8) is 0 Å². The van der Waals surface area contributed by atoms with E-state index in [9.17, 15) is 17.5 Å². The predicted molar refractivity (Wildman–Crippen MR) is 51.7 cm³/mol. The minimum atomic E-state index is -5.09. The van der Waals surface area contributed by atoms with E-state index in [2.05, 4.69) is 0 Å². The van der Waals surface area contributed by atoms with Gasteiger partial charge in [0.05, 0.1) is 33.4 Å². The van der Waals surface area contributed by atoms with Crippen LogP contribution in [0.3, 0.4) is 0 Å². The maximum atomic E-state index is 12.2. The third-order valence-corrected chi connectivity index (χ3v) is 3.29. The van der Waals surface area contributed by atoms with E-state index >= 15 is 0 Å². The lowest BCUT2D eigenvalue weighted by molar-refractivity contribution is -0.916. The number of rotatable bonds is 4. The van der Waals surface area contributed by atoms with Crippen LogP contribution in [0, 0.1) is 5.21 Å². The van der Waals surface area contributed by atoms with E-state index in [-0.39, 0.29) is 6.54 Å². The van der Waals surface area contributed by atoms with Crippen LogP contribution in [0.25, 0.3) is 0 Å². The van der Waals surface area contributed by atoms with Crippen molar-refractivity contribution in [3.8, 4) is 0 Å². The largest absolute Gasteiger partial charge is 0.770 e. The molecule has 8 heteroatoms. The molecule has 0 N–H and O–H groups in total. The van der Waals surface area contributed by atoms with Crippen LogP contribution in [0.2, 0.25) is 0 Å². The molecule has 0 saturated carbocycles.